The number of hydrogen-bond donors (Lipinski definition) is 1. The van der Waals surface area contributed by atoms with E-state index in [4.69, 9.17) is 0 Å². The van der Waals surface area contributed by atoms with E-state index >= 15 is 0 Å². The summed E-state index contributed by atoms with van der Waals surface area (Å²) in [5, 5.41) is 3.59. The highest BCUT2D eigenvalue weighted by Crippen LogP contribution is 2.11. The Hall–Kier alpha value is -0.860. The topological polar surface area (TPSA) is 15.3 Å². The van der Waals surface area contributed by atoms with Gasteiger partial charge >= 0.3 is 0 Å². The van der Waals surface area contributed by atoms with Gasteiger partial charge in [-0.05, 0) is 37.2 Å². The minimum absolute atomic E-state index is 1.00. The summed E-state index contributed by atoms with van der Waals surface area (Å²) < 4.78 is 0. The Morgan fingerprint density at radius 2 is 1.60 bits per heavy atom. The normalized spacial score (nSPS) is 11.2. The second kappa shape index (κ2) is 10.9. The SMILES string of the molecule is CCCCCCNCc1ccccc1CN(CC)CC. The van der Waals surface area contributed by atoms with Crippen molar-refractivity contribution in [3.8, 4) is 0 Å². The Morgan fingerprint density at radius 1 is 0.900 bits per heavy atom. The summed E-state index contributed by atoms with van der Waals surface area (Å²) in [7, 11) is 0. The Balaban J connectivity index is 2.40. The lowest BCUT2D eigenvalue weighted by Crippen LogP contribution is -2.24. The Kier molecular flexibility index (Phi) is 9.35. The molecule has 0 saturated heterocycles. The van der Waals surface area contributed by atoms with Crippen molar-refractivity contribution in [1.29, 1.82) is 0 Å². The van der Waals surface area contributed by atoms with E-state index in [9.17, 15) is 0 Å². The van der Waals surface area contributed by atoms with Gasteiger partial charge in [-0.2, -0.15) is 0 Å². The molecule has 0 fully saturated rings. The van der Waals surface area contributed by atoms with Crippen LogP contribution in [0, 0.1) is 0 Å². The molecule has 0 radical (unpaired) electrons. The molecule has 2 nitrogen and oxygen atoms in total. The first-order chi connectivity index (χ1) is 9.81. The van der Waals surface area contributed by atoms with Gasteiger partial charge < -0.3 is 5.32 Å². The molecule has 1 N–H and O–H groups in total. The van der Waals surface area contributed by atoms with Gasteiger partial charge in [-0.1, -0.05) is 64.3 Å². The number of hydrogen-bond acceptors (Lipinski definition) is 2. The van der Waals surface area contributed by atoms with E-state index in [1.807, 2.05) is 0 Å². The molecule has 1 rings (SSSR count). The zero-order chi connectivity index (χ0) is 14.6. The molecule has 0 aliphatic carbocycles. The van der Waals surface area contributed by atoms with Gasteiger partial charge in [-0.15, -0.1) is 0 Å². The van der Waals surface area contributed by atoms with Crippen LogP contribution in [0.15, 0.2) is 24.3 Å². The molecule has 0 atom stereocenters. The second-order valence-corrected chi connectivity index (χ2v) is 5.47. The van der Waals surface area contributed by atoms with Gasteiger partial charge in [-0.25, -0.2) is 0 Å². The summed E-state index contributed by atoms with van der Waals surface area (Å²) >= 11 is 0. The molecule has 0 heterocycles. The average molecular weight is 276 g/mol. The highest BCUT2D eigenvalue weighted by atomic mass is 15.1. The number of rotatable bonds is 11. The van der Waals surface area contributed by atoms with E-state index in [0.29, 0.717) is 0 Å². The number of nitrogens with zero attached hydrogens (tertiary/aromatic N) is 1. The lowest BCUT2D eigenvalue weighted by Gasteiger charge is -2.20. The molecule has 0 aromatic heterocycles. The van der Waals surface area contributed by atoms with Crippen molar-refractivity contribution in [2.45, 2.75) is 59.5 Å². The summed E-state index contributed by atoms with van der Waals surface area (Å²) in [4.78, 5) is 2.47. The van der Waals surface area contributed by atoms with Crippen molar-refractivity contribution < 1.29 is 0 Å². The zero-order valence-electron chi connectivity index (χ0n) is 13.6. The summed E-state index contributed by atoms with van der Waals surface area (Å²) in [6, 6.07) is 8.84. The lowest BCUT2D eigenvalue weighted by molar-refractivity contribution is 0.294. The van der Waals surface area contributed by atoms with Gasteiger partial charge in [0.2, 0.25) is 0 Å². The molecule has 0 spiro atoms. The van der Waals surface area contributed by atoms with Crippen LogP contribution in [0.25, 0.3) is 0 Å². The Bertz CT molecular complexity index is 345. The Labute approximate surface area is 125 Å². The maximum absolute atomic E-state index is 3.59. The summed E-state index contributed by atoms with van der Waals surface area (Å²) in [5.74, 6) is 0. The van der Waals surface area contributed by atoms with Gasteiger partial charge in [-0.3, -0.25) is 4.90 Å². The van der Waals surface area contributed by atoms with Crippen LogP contribution in [0.5, 0.6) is 0 Å². The molecule has 0 aliphatic rings. The maximum atomic E-state index is 3.59. The van der Waals surface area contributed by atoms with Gasteiger partial charge in [0.1, 0.15) is 0 Å². The quantitative estimate of drug-likeness (QED) is 0.609. The largest absolute Gasteiger partial charge is 0.313 e. The van der Waals surface area contributed by atoms with Crippen molar-refractivity contribution >= 4 is 0 Å². The first kappa shape index (κ1) is 17.2. The number of nitrogens with one attached hydrogen (secondary N) is 1. The van der Waals surface area contributed by atoms with Crippen LogP contribution in [0.2, 0.25) is 0 Å². The molecule has 0 unspecified atom stereocenters. The molecule has 20 heavy (non-hydrogen) atoms. The molecular weight excluding hydrogens is 244 g/mol. The van der Waals surface area contributed by atoms with Crippen molar-refractivity contribution in [2.75, 3.05) is 19.6 Å². The van der Waals surface area contributed by atoms with Gasteiger partial charge in [0.25, 0.3) is 0 Å². The highest BCUT2D eigenvalue weighted by molar-refractivity contribution is 5.26. The van der Waals surface area contributed by atoms with Crippen molar-refractivity contribution in [3.05, 3.63) is 35.4 Å². The Morgan fingerprint density at radius 3 is 2.25 bits per heavy atom. The molecule has 2 heteroatoms. The minimum atomic E-state index is 1.00. The van der Waals surface area contributed by atoms with E-state index in [-0.39, 0.29) is 0 Å². The molecular formula is C18H32N2. The highest BCUT2D eigenvalue weighted by Gasteiger charge is 2.05. The number of benzene rings is 1. The predicted molar refractivity (Wildman–Crippen MR) is 88.9 cm³/mol. The van der Waals surface area contributed by atoms with Gasteiger partial charge in [0, 0.05) is 13.1 Å². The molecule has 114 valence electrons. The van der Waals surface area contributed by atoms with E-state index in [2.05, 4.69) is 55.3 Å². The first-order valence-electron chi connectivity index (χ1n) is 8.31. The van der Waals surface area contributed by atoms with Gasteiger partial charge in [0.05, 0.1) is 0 Å². The fourth-order valence-corrected chi connectivity index (χ4v) is 2.47. The zero-order valence-corrected chi connectivity index (χ0v) is 13.6. The third-order valence-electron chi connectivity index (χ3n) is 3.93. The third kappa shape index (κ3) is 6.53. The summed E-state index contributed by atoms with van der Waals surface area (Å²) in [5.41, 5.74) is 2.92. The number of unbranched alkanes of at least 4 members (excludes halogenated alkanes) is 3. The lowest BCUT2D eigenvalue weighted by atomic mass is 10.1. The monoisotopic (exact) mass is 276 g/mol. The van der Waals surface area contributed by atoms with Crippen molar-refractivity contribution in [2.24, 2.45) is 0 Å². The first-order valence-corrected chi connectivity index (χ1v) is 8.31. The van der Waals surface area contributed by atoms with Crippen LogP contribution >= 0.6 is 0 Å². The molecule has 1 aromatic rings. The molecule has 0 bridgehead atoms. The van der Waals surface area contributed by atoms with Crippen LogP contribution in [0.4, 0.5) is 0 Å². The maximum Gasteiger partial charge on any atom is 0.0236 e. The van der Waals surface area contributed by atoms with Crippen LogP contribution in [-0.2, 0) is 13.1 Å². The van der Waals surface area contributed by atoms with Crippen LogP contribution in [0.1, 0.15) is 57.6 Å². The minimum Gasteiger partial charge on any atom is -0.313 e. The second-order valence-electron chi connectivity index (χ2n) is 5.47. The van der Waals surface area contributed by atoms with Crippen molar-refractivity contribution in [1.82, 2.24) is 10.2 Å². The fourth-order valence-electron chi connectivity index (χ4n) is 2.47. The van der Waals surface area contributed by atoms with E-state index in [1.54, 1.807) is 0 Å². The van der Waals surface area contributed by atoms with Crippen molar-refractivity contribution in [3.63, 3.8) is 0 Å². The molecule has 0 amide bonds. The molecule has 0 aliphatic heterocycles. The standard InChI is InChI=1S/C18H32N2/c1-4-7-8-11-14-19-15-17-12-9-10-13-18(17)16-20(5-2)6-3/h9-10,12-13,19H,4-8,11,14-16H2,1-3H3. The average Bonchev–Trinajstić information content (AvgIpc) is 2.49. The predicted octanol–water partition coefficient (Wildman–Crippen LogP) is 4.20. The van der Waals surface area contributed by atoms with Crippen LogP contribution in [0.3, 0.4) is 0 Å². The van der Waals surface area contributed by atoms with Crippen LogP contribution < -0.4 is 5.32 Å². The van der Waals surface area contributed by atoms with Crippen LogP contribution in [-0.4, -0.2) is 24.5 Å². The molecule has 1 aromatic carbocycles. The fraction of sp³-hybridized carbons (Fsp3) is 0.667. The van der Waals surface area contributed by atoms with E-state index in [1.165, 1.54) is 36.8 Å². The third-order valence-corrected chi connectivity index (χ3v) is 3.93. The van der Waals surface area contributed by atoms with E-state index in [0.717, 1.165) is 32.7 Å². The van der Waals surface area contributed by atoms with Gasteiger partial charge in [0.15, 0.2) is 0 Å². The summed E-state index contributed by atoms with van der Waals surface area (Å²) in [6.45, 7) is 12.2. The molecule has 0 saturated carbocycles. The van der Waals surface area contributed by atoms with E-state index < -0.39 is 0 Å². The smallest absolute Gasteiger partial charge is 0.0236 e. The summed E-state index contributed by atoms with van der Waals surface area (Å²) in [6.07, 6.45) is 5.32.